The lowest BCUT2D eigenvalue weighted by molar-refractivity contribution is -0.143. The van der Waals surface area contributed by atoms with Gasteiger partial charge in [-0.05, 0) is 38.5 Å². The zero-order valence-electron chi connectivity index (χ0n) is 25.0. The van der Waals surface area contributed by atoms with E-state index in [1.807, 2.05) is 0 Å². The van der Waals surface area contributed by atoms with Gasteiger partial charge in [0.05, 0.1) is 6.61 Å². The molecule has 0 aliphatic rings. The van der Waals surface area contributed by atoms with Crippen LogP contribution in [0.25, 0.3) is 0 Å². The van der Waals surface area contributed by atoms with E-state index in [-0.39, 0.29) is 5.97 Å². The van der Waals surface area contributed by atoms with Crippen molar-refractivity contribution < 1.29 is 9.53 Å². The number of hydrogen-bond acceptors (Lipinski definition) is 2. The standard InChI is InChI=1S/C34H66O2/c1-3-5-7-9-11-13-15-17-19-20-22-24-26-28-30-32-34(35)36-33-31-29-27-25-23-21-18-16-14-12-10-8-6-4-2/h13,15H,3-12,14,16-33H2,1-2H3/b15-13+. The molecule has 0 bridgehead atoms. The Hall–Kier alpha value is -0.790. The van der Waals surface area contributed by atoms with Gasteiger partial charge in [0.25, 0.3) is 0 Å². The fourth-order valence-electron chi connectivity index (χ4n) is 4.89. The highest BCUT2D eigenvalue weighted by Gasteiger charge is 2.02. The lowest BCUT2D eigenvalue weighted by Crippen LogP contribution is -2.05. The van der Waals surface area contributed by atoms with Crippen LogP contribution in [0.5, 0.6) is 0 Å². The number of unbranched alkanes of at least 4 members (excludes halogenated alkanes) is 24. The van der Waals surface area contributed by atoms with E-state index < -0.39 is 0 Å². The van der Waals surface area contributed by atoms with Crippen molar-refractivity contribution in [3.8, 4) is 0 Å². The number of carbonyl (C=O) groups excluding carboxylic acids is 1. The van der Waals surface area contributed by atoms with Crippen LogP contribution < -0.4 is 0 Å². The van der Waals surface area contributed by atoms with E-state index in [2.05, 4.69) is 26.0 Å². The summed E-state index contributed by atoms with van der Waals surface area (Å²) in [5.74, 6) is 0.0196. The first-order valence-electron chi connectivity index (χ1n) is 16.6. The second-order valence-electron chi connectivity index (χ2n) is 11.2. The molecule has 0 aromatic rings. The van der Waals surface area contributed by atoms with Gasteiger partial charge in [-0.2, -0.15) is 0 Å². The smallest absolute Gasteiger partial charge is 0.305 e. The van der Waals surface area contributed by atoms with Crippen LogP contribution in [0.2, 0.25) is 0 Å². The van der Waals surface area contributed by atoms with Crippen LogP contribution in [-0.2, 0) is 9.53 Å². The molecule has 2 nitrogen and oxygen atoms in total. The zero-order chi connectivity index (χ0) is 26.2. The summed E-state index contributed by atoms with van der Waals surface area (Å²) in [6.45, 7) is 5.18. The molecule has 0 radical (unpaired) electrons. The quantitative estimate of drug-likeness (QED) is 0.0550. The Balaban J connectivity index is 3.18. The number of hydrogen-bond donors (Lipinski definition) is 0. The van der Waals surface area contributed by atoms with Crippen LogP contribution in [0.1, 0.15) is 194 Å². The highest BCUT2D eigenvalue weighted by Crippen LogP contribution is 2.14. The van der Waals surface area contributed by atoms with Crippen molar-refractivity contribution in [1.82, 2.24) is 0 Å². The van der Waals surface area contributed by atoms with Gasteiger partial charge in [0.15, 0.2) is 0 Å². The third kappa shape index (κ3) is 31.2. The Morgan fingerprint density at radius 2 is 0.778 bits per heavy atom. The van der Waals surface area contributed by atoms with Crippen molar-refractivity contribution in [1.29, 1.82) is 0 Å². The number of rotatable bonds is 30. The Bertz CT molecular complexity index is 442. The normalized spacial score (nSPS) is 11.5. The van der Waals surface area contributed by atoms with Crippen LogP contribution in [0, 0.1) is 0 Å². The summed E-state index contributed by atoms with van der Waals surface area (Å²) in [4.78, 5) is 11.9. The predicted octanol–water partition coefficient (Wildman–Crippen LogP) is 12.0. The lowest BCUT2D eigenvalue weighted by atomic mass is 10.0. The van der Waals surface area contributed by atoms with Crippen molar-refractivity contribution in [3.05, 3.63) is 12.2 Å². The summed E-state index contributed by atoms with van der Waals surface area (Å²) in [5, 5.41) is 0. The summed E-state index contributed by atoms with van der Waals surface area (Å²) in [5.41, 5.74) is 0. The highest BCUT2D eigenvalue weighted by atomic mass is 16.5. The van der Waals surface area contributed by atoms with Crippen LogP contribution in [0.15, 0.2) is 12.2 Å². The van der Waals surface area contributed by atoms with Crippen LogP contribution in [0.3, 0.4) is 0 Å². The lowest BCUT2D eigenvalue weighted by Gasteiger charge is -2.06. The summed E-state index contributed by atoms with van der Waals surface area (Å²) in [6.07, 6.45) is 41.2. The molecule has 2 heteroatoms. The molecule has 36 heavy (non-hydrogen) atoms. The van der Waals surface area contributed by atoms with Gasteiger partial charge in [0.1, 0.15) is 0 Å². The summed E-state index contributed by atoms with van der Waals surface area (Å²) >= 11 is 0. The van der Waals surface area contributed by atoms with Crippen LogP contribution in [-0.4, -0.2) is 12.6 Å². The molecule has 0 N–H and O–H groups in total. The van der Waals surface area contributed by atoms with Gasteiger partial charge in [-0.1, -0.05) is 161 Å². The number of ether oxygens (including phenoxy) is 1. The predicted molar refractivity (Wildman–Crippen MR) is 161 cm³/mol. The molecular weight excluding hydrogens is 440 g/mol. The molecule has 0 aliphatic carbocycles. The van der Waals surface area contributed by atoms with E-state index in [0.717, 1.165) is 12.8 Å². The molecule has 0 aliphatic heterocycles. The molecule has 0 aromatic carbocycles. The van der Waals surface area contributed by atoms with Gasteiger partial charge >= 0.3 is 5.97 Å². The van der Waals surface area contributed by atoms with E-state index in [4.69, 9.17) is 4.74 Å². The highest BCUT2D eigenvalue weighted by molar-refractivity contribution is 5.69. The first kappa shape index (κ1) is 35.2. The molecule has 0 saturated heterocycles. The minimum Gasteiger partial charge on any atom is -0.466 e. The topological polar surface area (TPSA) is 26.3 Å². The molecule has 0 amide bonds. The molecule has 0 atom stereocenters. The average molecular weight is 507 g/mol. The number of carbonyl (C=O) groups is 1. The van der Waals surface area contributed by atoms with Crippen molar-refractivity contribution in [2.24, 2.45) is 0 Å². The van der Waals surface area contributed by atoms with E-state index in [1.54, 1.807) is 0 Å². The fourth-order valence-corrected chi connectivity index (χ4v) is 4.89. The van der Waals surface area contributed by atoms with Gasteiger partial charge in [-0.25, -0.2) is 0 Å². The molecule has 214 valence electrons. The molecule has 0 heterocycles. The first-order valence-corrected chi connectivity index (χ1v) is 16.6. The Kier molecular flexibility index (Phi) is 31.5. The Morgan fingerprint density at radius 3 is 1.22 bits per heavy atom. The molecule has 0 aromatic heterocycles. The summed E-state index contributed by atoms with van der Waals surface area (Å²) in [7, 11) is 0. The number of allylic oxidation sites excluding steroid dienone is 2. The summed E-state index contributed by atoms with van der Waals surface area (Å²) in [6, 6.07) is 0. The third-order valence-electron chi connectivity index (χ3n) is 7.40. The minimum atomic E-state index is 0.0196. The second kappa shape index (κ2) is 32.2. The summed E-state index contributed by atoms with van der Waals surface area (Å²) < 4.78 is 5.42. The monoisotopic (exact) mass is 507 g/mol. The van der Waals surface area contributed by atoms with Gasteiger partial charge in [-0.15, -0.1) is 0 Å². The van der Waals surface area contributed by atoms with E-state index in [1.165, 1.54) is 161 Å². The molecule has 0 saturated carbocycles. The molecule has 0 spiro atoms. The Labute approximate surface area is 227 Å². The van der Waals surface area contributed by atoms with Crippen molar-refractivity contribution >= 4 is 5.97 Å². The molecule has 0 unspecified atom stereocenters. The van der Waals surface area contributed by atoms with E-state index in [9.17, 15) is 4.79 Å². The van der Waals surface area contributed by atoms with Crippen LogP contribution in [0.4, 0.5) is 0 Å². The number of esters is 1. The van der Waals surface area contributed by atoms with Gasteiger partial charge in [0.2, 0.25) is 0 Å². The third-order valence-corrected chi connectivity index (χ3v) is 7.40. The maximum absolute atomic E-state index is 11.9. The van der Waals surface area contributed by atoms with Crippen molar-refractivity contribution in [2.75, 3.05) is 6.61 Å². The molecule has 0 rings (SSSR count). The largest absolute Gasteiger partial charge is 0.466 e. The maximum Gasteiger partial charge on any atom is 0.305 e. The van der Waals surface area contributed by atoms with Gasteiger partial charge < -0.3 is 4.74 Å². The first-order chi connectivity index (χ1) is 17.8. The minimum absolute atomic E-state index is 0.0196. The fraction of sp³-hybridized carbons (Fsp3) is 0.912. The van der Waals surface area contributed by atoms with E-state index in [0.29, 0.717) is 13.0 Å². The van der Waals surface area contributed by atoms with E-state index >= 15 is 0 Å². The van der Waals surface area contributed by atoms with Crippen molar-refractivity contribution in [3.63, 3.8) is 0 Å². The average Bonchev–Trinajstić information content (AvgIpc) is 2.88. The van der Waals surface area contributed by atoms with Gasteiger partial charge in [-0.3, -0.25) is 4.79 Å². The molecule has 0 fully saturated rings. The van der Waals surface area contributed by atoms with Gasteiger partial charge in [0, 0.05) is 6.42 Å². The zero-order valence-corrected chi connectivity index (χ0v) is 25.0. The van der Waals surface area contributed by atoms with Crippen molar-refractivity contribution in [2.45, 2.75) is 194 Å². The SMILES string of the molecule is CCCCCC/C=C/CCCCCCCCCC(=O)OCCCCCCCCCCCCCCCC. The Morgan fingerprint density at radius 1 is 0.444 bits per heavy atom. The maximum atomic E-state index is 11.9. The molecular formula is C34H66O2. The van der Waals surface area contributed by atoms with Crippen LogP contribution >= 0.6 is 0 Å². The second-order valence-corrected chi connectivity index (χ2v) is 11.2.